The van der Waals surface area contributed by atoms with Crippen LogP contribution >= 0.6 is 0 Å². The zero-order valence-corrected chi connectivity index (χ0v) is 12.1. The number of sulfone groups is 1. The van der Waals surface area contributed by atoms with Crippen molar-refractivity contribution in [3.63, 3.8) is 0 Å². The van der Waals surface area contributed by atoms with E-state index in [-0.39, 0.29) is 11.8 Å². The average Bonchev–Trinajstić information content (AvgIpc) is 2.79. The van der Waals surface area contributed by atoms with Gasteiger partial charge in [0, 0.05) is 12.1 Å². The molecule has 1 aliphatic heterocycles. The molecule has 2 aliphatic rings. The molecule has 1 fully saturated rings. The lowest BCUT2D eigenvalue weighted by Gasteiger charge is -2.29. The van der Waals surface area contributed by atoms with E-state index in [9.17, 15) is 8.42 Å². The van der Waals surface area contributed by atoms with Crippen molar-refractivity contribution in [1.82, 2.24) is 5.32 Å². The Morgan fingerprint density at radius 1 is 1.16 bits per heavy atom. The third-order valence-corrected chi connectivity index (χ3v) is 6.25. The van der Waals surface area contributed by atoms with Crippen LogP contribution < -0.4 is 5.32 Å². The van der Waals surface area contributed by atoms with E-state index >= 15 is 0 Å². The smallest absolute Gasteiger partial charge is 0.178 e. The summed E-state index contributed by atoms with van der Waals surface area (Å²) >= 11 is 0. The third kappa shape index (κ3) is 2.56. The zero-order chi connectivity index (χ0) is 13.5. The Balaban J connectivity index is 1.85. The highest BCUT2D eigenvalue weighted by Gasteiger charge is 2.32. The van der Waals surface area contributed by atoms with Crippen molar-refractivity contribution in [1.29, 1.82) is 0 Å². The minimum Gasteiger partial charge on any atom is -0.307 e. The molecule has 1 aromatic rings. The molecule has 1 saturated carbocycles. The number of nitrogens with one attached hydrogen (secondary N) is 1. The van der Waals surface area contributed by atoms with Crippen molar-refractivity contribution in [2.24, 2.45) is 5.92 Å². The molecule has 0 radical (unpaired) electrons. The Morgan fingerprint density at radius 3 is 2.68 bits per heavy atom. The Bertz CT molecular complexity index is 567. The molecular weight excluding hydrogens is 258 g/mol. The fourth-order valence-electron chi connectivity index (χ4n) is 3.41. The van der Waals surface area contributed by atoms with Gasteiger partial charge in [-0.2, -0.15) is 0 Å². The fraction of sp³-hybridized carbons (Fsp3) is 0.600. The summed E-state index contributed by atoms with van der Waals surface area (Å²) in [6, 6.07) is 8.21. The summed E-state index contributed by atoms with van der Waals surface area (Å²) in [4.78, 5) is 0.532. The first-order chi connectivity index (χ1) is 9.06. The fourth-order valence-corrected chi connectivity index (χ4v) is 5.03. The Hall–Kier alpha value is -0.870. The lowest BCUT2D eigenvalue weighted by atomic mass is 10.0. The molecule has 0 saturated heterocycles. The van der Waals surface area contributed by atoms with Gasteiger partial charge >= 0.3 is 0 Å². The third-order valence-electron chi connectivity index (χ3n) is 4.44. The molecular formula is C15H21NO2S. The molecule has 1 heterocycles. The minimum absolute atomic E-state index is 0.204. The molecule has 104 valence electrons. The highest BCUT2D eigenvalue weighted by molar-refractivity contribution is 7.91. The van der Waals surface area contributed by atoms with Crippen molar-refractivity contribution in [3.05, 3.63) is 29.8 Å². The lowest BCUT2D eigenvalue weighted by molar-refractivity contribution is 0.411. The highest BCUT2D eigenvalue weighted by atomic mass is 32.2. The quantitative estimate of drug-likeness (QED) is 0.905. The van der Waals surface area contributed by atoms with Crippen LogP contribution in [0.4, 0.5) is 0 Å². The molecule has 3 nitrogen and oxygen atoms in total. The maximum atomic E-state index is 12.1. The molecule has 19 heavy (non-hydrogen) atoms. The van der Waals surface area contributed by atoms with E-state index in [1.54, 1.807) is 6.07 Å². The first-order valence-electron chi connectivity index (χ1n) is 7.14. The van der Waals surface area contributed by atoms with Crippen molar-refractivity contribution in [2.45, 2.75) is 49.6 Å². The Labute approximate surface area is 115 Å². The van der Waals surface area contributed by atoms with Crippen LogP contribution in [0, 0.1) is 5.92 Å². The second-order valence-corrected chi connectivity index (χ2v) is 8.06. The van der Waals surface area contributed by atoms with Crippen LogP contribution in [0.15, 0.2) is 29.2 Å². The molecule has 1 aromatic carbocycles. The van der Waals surface area contributed by atoms with Crippen LogP contribution in [-0.4, -0.2) is 20.2 Å². The molecule has 0 aromatic heterocycles. The van der Waals surface area contributed by atoms with E-state index in [1.807, 2.05) is 18.2 Å². The van der Waals surface area contributed by atoms with E-state index in [0.717, 1.165) is 11.5 Å². The summed E-state index contributed by atoms with van der Waals surface area (Å²) in [5.74, 6) is 1.06. The zero-order valence-electron chi connectivity index (χ0n) is 11.3. The summed E-state index contributed by atoms with van der Waals surface area (Å²) in [5, 5.41) is 3.68. The van der Waals surface area contributed by atoms with Gasteiger partial charge in [0.15, 0.2) is 9.84 Å². The molecule has 4 heteroatoms. The van der Waals surface area contributed by atoms with E-state index in [2.05, 4.69) is 12.2 Å². The standard InChI is InChI=1S/C15H21NO2S/c1-11-6-7-12(10-11)16-14-8-9-19(17,18)15-5-3-2-4-13(14)15/h2-5,11-12,14,16H,6-10H2,1H3. The molecule has 0 spiro atoms. The van der Waals surface area contributed by atoms with E-state index in [1.165, 1.54) is 19.3 Å². The summed E-state index contributed by atoms with van der Waals surface area (Å²) in [6.45, 7) is 2.29. The van der Waals surface area contributed by atoms with Crippen molar-refractivity contribution < 1.29 is 8.42 Å². The van der Waals surface area contributed by atoms with Gasteiger partial charge in [-0.3, -0.25) is 0 Å². The predicted molar refractivity (Wildman–Crippen MR) is 75.8 cm³/mol. The van der Waals surface area contributed by atoms with Gasteiger partial charge in [0.25, 0.3) is 0 Å². The van der Waals surface area contributed by atoms with Gasteiger partial charge in [0.1, 0.15) is 0 Å². The molecule has 3 unspecified atom stereocenters. The largest absolute Gasteiger partial charge is 0.307 e. The molecule has 1 N–H and O–H groups in total. The lowest BCUT2D eigenvalue weighted by Crippen LogP contribution is -2.35. The molecule has 0 amide bonds. The monoisotopic (exact) mass is 279 g/mol. The van der Waals surface area contributed by atoms with Gasteiger partial charge in [-0.05, 0) is 43.2 Å². The summed E-state index contributed by atoms with van der Waals surface area (Å²) < 4.78 is 24.2. The van der Waals surface area contributed by atoms with Crippen molar-refractivity contribution in [3.8, 4) is 0 Å². The van der Waals surface area contributed by atoms with Crippen LogP contribution in [0.3, 0.4) is 0 Å². The van der Waals surface area contributed by atoms with E-state index < -0.39 is 9.84 Å². The molecule has 0 bridgehead atoms. The molecule has 1 aliphatic carbocycles. The Morgan fingerprint density at radius 2 is 1.95 bits per heavy atom. The second kappa shape index (κ2) is 4.91. The van der Waals surface area contributed by atoms with Crippen LogP contribution in [0.5, 0.6) is 0 Å². The molecule has 3 atom stereocenters. The number of benzene rings is 1. The first kappa shape index (κ1) is 13.1. The number of hydrogen-bond acceptors (Lipinski definition) is 3. The van der Waals surface area contributed by atoms with Gasteiger partial charge in [0.05, 0.1) is 10.6 Å². The van der Waals surface area contributed by atoms with Gasteiger partial charge in [-0.15, -0.1) is 0 Å². The second-order valence-electron chi connectivity index (χ2n) is 5.98. The average molecular weight is 279 g/mol. The minimum atomic E-state index is -3.06. The number of hydrogen-bond donors (Lipinski definition) is 1. The molecule has 3 rings (SSSR count). The van der Waals surface area contributed by atoms with Crippen molar-refractivity contribution >= 4 is 9.84 Å². The van der Waals surface area contributed by atoms with Gasteiger partial charge in [0.2, 0.25) is 0 Å². The van der Waals surface area contributed by atoms with Gasteiger partial charge in [-0.1, -0.05) is 25.1 Å². The van der Waals surface area contributed by atoms with Crippen LogP contribution in [0.2, 0.25) is 0 Å². The summed E-state index contributed by atoms with van der Waals surface area (Å²) in [6.07, 6.45) is 4.41. The predicted octanol–water partition coefficient (Wildman–Crippen LogP) is 2.68. The summed E-state index contributed by atoms with van der Waals surface area (Å²) in [5.41, 5.74) is 0.966. The number of fused-ring (bicyclic) bond motifs is 1. The number of rotatable bonds is 2. The normalized spacial score (nSPS) is 33.0. The Kier molecular flexibility index (Phi) is 3.39. The van der Waals surface area contributed by atoms with Gasteiger partial charge in [-0.25, -0.2) is 8.42 Å². The highest BCUT2D eigenvalue weighted by Crippen LogP contribution is 2.34. The maximum absolute atomic E-state index is 12.1. The van der Waals surface area contributed by atoms with E-state index in [4.69, 9.17) is 0 Å². The van der Waals surface area contributed by atoms with Crippen molar-refractivity contribution in [2.75, 3.05) is 5.75 Å². The van der Waals surface area contributed by atoms with Crippen LogP contribution in [0.25, 0.3) is 0 Å². The maximum Gasteiger partial charge on any atom is 0.178 e. The van der Waals surface area contributed by atoms with E-state index in [0.29, 0.717) is 17.4 Å². The summed E-state index contributed by atoms with van der Waals surface area (Å²) in [7, 11) is -3.06. The van der Waals surface area contributed by atoms with Crippen LogP contribution in [-0.2, 0) is 9.84 Å². The topological polar surface area (TPSA) is 46.2 Å². The van der Waals surface area contributed by atoms with Crippen LogP contribution in [0.1, 0.15) is 44.2 Å². The first-order valence-corrected chi connectivity index (χ1v) is 8.79. The SMILES string of the molecule is CC1CCC(NC2CCS(=O)(=O)c3ccccc32)C1. The van der Waals surface area contributed by atoms with Gasteiger partial charge < -0.3 is 5.32 Å².